The van der Waals surface area contributed by atoms with Crippen molar-refractivity contribution in [2.75, 3.05) is 17.3 Å². The molecule has 3 heterocycles. The molecule has 0 aliphatic heterocycles. The normalized spacial score (nSPS) is 11.7. The molecule has 0 bridgehead atoms. The van der Waals surface area contributed by atoms with E-state index in [1.54, 1.807) is 40.3 Å². The molecular weight excluding hydrogens is 666 g/mol. The maximum absolute atomic E-state index is 13.1. The van der Waals surface area contributed by atoms with Gasteiger partial charge in [0.25, 0.3) is 0 Å². The lowest BCUT2D eigenvalue weighted by molar-refractivity contribution is 0.253. The van der Waals surface area contributed by atoms with Crippen molar-refractivity contribution in [2.45, 2.75) is 47.4 Å². The first-order chi connectivity index (χ1) is 23.0. The summed E-state index contributed by atoms with van der Waals surface area (Å²) < 4.78 is 3.60. The number of amides is 2. The van der Waals surface area contributed by atoms with Gasteiger partial charge >= 0.3 is 6.03 Å². The molecule has 2 amide bonds. The molecule has 0 radical (unpaired) electrons. The number of aromatic hydroxyl groups is 1. The Hall–Kier alpha value is -4.49. The third-order valence-corrected chi connectivity index (χ3v) is 10.0. The van der Waals surface area contributed by atoms with Crippen molar-refractivity contribution in [2.24, 2.45) is 5.73 Å². The number of carbonyl (C=O) groups is 1. The Morgan fingerprint density at radius 2 is 1.73 bits per heavy atom. The summed E-state index contributed by atoms with van der Waals surface area (Å²) in [4.78, 5) is 17.5. The number of primary amides is 1. The molecular formula is C35H34ClN7O3S2. The number of aliphatic hydroxyl groups excluding tert-OH is 1. The summed E-state index contributed by atoms with van der Waals surface area (Å²) in [5.74, 6) is 1.71. The number of thioether (sulfide) groups is 1. The minimum atomic E-state index is -0.644. The number of fused-ring (bicyclic) bond motifs is 1. The Balaban J connectivity index is 1.35. The van der Waals surface area contributed by atoms with E-state index < -0.39 is 6.03 Å². The van der Waals surface area contributed by atoms with Gasteiger partial charge in [0.1, 0.15) is 11.6 Å². The molecule has 13 heteroatoms. The van der Waals surface area contributed by atoms with E-state index in [0.717, 1.165) is 31.5 Å². The van der Waals surface area contributed by atoms with Gasteiger partial charge in [-0.3, -0.25) is 9.30 Å². The molecule has 0 atom stereocenters. The summed E-state index contributed by atoms with van der Waals surface area (Å²) >= 11 is 9.39. The van der Waals surface area contributed by atoms with Gasteiger partial charge in [-0.25, -0.2) is 9.48 Å². The molecule has 48 heavy (non-hydrogen) atoms. The molecule has 4 N–H and O–H groups in total. The third-order valence-electron chi connectivity index (χ3n) is 7.56. The monoisotopic (exact) mass is 699 g/mol. The smallest absolute Gasteiger partial charge is 0.320 e. The Labute approximate surface area is 291 Å². The fourth-order valence-electron chi connectivity index (χ4n) is 5.10. The molecule has 0 aliphatic carbocycles. The summed E-state index contributed by atoms with van der Waals surface area (Å²) in [5.41, 5.74) is 9.57. The van der Waals surface area contributed by atoms with Crippen LogP contribution in [0.25, 0.3) is 22.7 Å². The van der Waals surface area contributed by atoms with E-state index >= 15 is 0 Å². The highest BCUT2D eigenvalue weighted by atomic mass is 35.5. The predicted octanol–water partition coefficient (Wildman–Crippen LogP) is 7.56. The number of carbonyl (C=O) groups excluding carboxylic acids is 1. The molecule has 6 aromatic rings. The number of pyridine rings is 1. The number of benzene rings is 3. The second-order valence-electron chi connectivity index (χ2n) is 12.0. The van der Waals surface area contributed by atoms with Crippen LogP contribution in [0.4, 0.5) is 10.6 Å². The van der Waals surface area contributed by atoms with Gasteiger partial charge in [-0.1, -0.05) is 80.5 Å². The van der Waals surface area contributed by atoms with Crippen molar-refractivity contribution in [3.05, 3.63) is 107 Å². The average Bonchev–Trinajstić information content (AvgIpc) is 3.70. The molecule has 0 spiro atoms. The third kappa shape index (κ3) is 7.02. The number of phenols is 1. The zero-order valence-electron chi connectivity index (χ0n) is 26.5. The first-order valence-corrected chi connectivity index (χ1v) is 17.3. The van der Waals surface area contributed by atoms with E-state index in [2.05, 4.69) is 10.2 Å². The van der Waals surface area contributed by atoms with Crippen molar-refractivity contribution in [1.82, 2.24) is 24.4 Å². The molecule has 246 valence electrons. The van der Waals surface area contributed by atoms with Gasteiger partial charge in [0, 0.05) is 43.7 Å². The lowest BCUT2D eigenvalue weighted by Crippen LogP contribution is -2.36. The van der Waals surface area contributed by atoms with Crippen LogP contribution in [-0.2, 0) is 12.0 Å². The number of hydrogen-bond acceptors (Lipinski definition) is 8. The van der Waals surface area contributed by atoms with Crippen LogP contribution in [0.3, 0.4) is 0 Å². The summed E-state index contributed by atoms with van der Waals surface area (Å²) in [6, 6.07) is 25.7. The largest absolute Gasteiger partial charge is 0.506 e. The Morgan fingerprint density at radius 3 is 2.46 bits per heavy atom. The fourth-order valence-corrected chi connectivity index (χ4v) is 7.03. The fraction of sp³-hybridized carbons (Fsp3) is 0.200. The topological polar surface area (TPSA) is 135 Å². The summed E-state index contributed by atoms with van der Waals surface area (Å²) in [6.45, 7) is 6.38. The lowest BCUT2D eigenvalue weighted by Gasteiger charge is -2.23. The Morgan fingerprint density at radius 1 is 0.979 bits per heavy atom. The van der Waals surface area contributed by atoms with Gasteiger partial charge < -0.3 is 15.9 Å². The number of aromatic nitrogens is 5. The second-order valence-corrected chi connectivity index (χ2v) is 14.7. The van der Waals surface area contributed by atoms with Crippen molar-refractivity contribution in [3.8, 4) is 22.8 Å². The van der Waals surface area contributed by atoms with Gasteiger partial charge in [0.15, 0.2) is 11.5 Å². The van der Waals surface area contributed by atoms with Crippen LogP contribution in [0.5, 0.6) is 5.75 Å². The van der Waals surface area contributed by atoms with Crippen molar-refractivity contribution < 1.29 is 15.0 Å². The highest BCUT2D eigenvalue weighted by molar-refractivity contribution is 7.99. The van der Waals surface area contributed by atoms with E-state index in [1.165, 1.54) is 11.0 Å². The number of halogens is 1. The highest BCUT2D eigenvalue weighted by Crippen LogP contribution is 2.36. The van der Waals surface area contributed by atoms with E-state index in [1.807, 2.05) is 98.1 Å². The van der Waals surface area contributed by atoms with Crippen molar-refractivity contribution >= 4 is 52.6 Å². The maximum atomic E-state index is 13.1. The average molecular weight is 700 g/mol. The molecule has 0 saturated carbocycles. The van der Waals surface area contributed by atoms with Gasteiger partial charge in [0.2, 0.25) is 0 Å². The molecule has 6 rings (SSSR count). The second kappa shape index (κ2) is 13.9. The highest BCUT2D eigenvalue weighted by Gasteiger charge is 2.26. The van der Waals surface area contributed by atoms with Crippen LogP contribution >= 0.6 is 35.1 Å². The number of nitrogens with zero attached hydrogens (tertiary/aromatic N) is 6. The van der Waals surface area contributed by atoms with Crippen molar-refractivity contribution in [3.63, 3.8) is 0 Å². The summed E-state index contributed by atoms with van der Waals surface area (Å²) in [6.07, 6.45) is 2.00. The number of nitrogens with two attached hydrogens (primary N) is 1. The van der Waals surface area contributed by atoms with Crippen LogP contribution < -0.4 is 10.6 Å². The molecule has 10 nitrogen and oxygen atoms in total. The summed E-state index contributed by atoms with van der Waals surface area (Å²) in [7, 11) is 0. The zero-order valence-corrected chi connectivity index (χ0v) is 28.9. The summed E-state index contributed by atoms with van der Waals surface area (Å²) in [5, 5.41) is 33.3. The van der Waals surface area contributed by atoms with E-state index in [-0.39, 0.29) is 29.3 Å². The molecule has 3 aromatic heterocycles. The first-order valence-electron chi connectivity index (χ1n) is 15.1. The molecule has 0 fully saturated rings. The first kappa shape index (κ1) is 33.4. The van der Waals surface area contributed by atoms with Crippen LogP contribution in [-0.4, -0.2) is 53.0 Å². The Kier molecular flexibility index (Phi) is 9.70. The molecule has 0 aliphatic rings. The van der Waals surface area contributed by atoms with E-state index in [0.29, 0.717) is 28.7 Å². The van der Waals surface area contributed by atoms with Gasteiger partial charge in [-0.05, 0) is 48.0 Å². The van der Waals surface area contributed by atoms with Crippen LogP contribution in [0.1, 0.15) is 32.0 Å². The maximum Gasteiger partial charge on any atom is 0.320 e. The zero-order chi connectivity index (χ0) is 34.0. The van der Waals surface area contributed by atoms with E-state index in [4.69, 9.17) is 22.4 Å². The quantitative estimate of drug-likeness (QED) is 0.125. The van der Waals surface area contributed by atoms with E-state index in [9.17, 15) is 15.0 Å². The number of hydrogen-bond donors (Lipinski definition) is 3. The number of anilines is 1. The number of phenolic OH excluding ortho intramolecular Hbond substituents is 1. The lowest BCUT2D eigenvalue weighted by atomic mass is 9.92. The number of rotatable bonds is 10. The van der Waals surface area contributed by atoms with Gasteiger partial charge in [-0.15, -0.1) is 22.0 Å². The Bertz CT molecular complexity index is 2110. The number of aliphatic hydroxyl groups is 1. The van der Waals surface area contributed by atoms with Crippen LogP contribution in [0.2, 0.25) is 5.02 Å². The molecule has 0 saturated heterocycles. The number of urea groups is 1. The minimum Gasteiger partial charge on any atom is -0.506 e. The van der Waals surface area contributed by atoms with Crippen LogP contribution in [0, 0.1) is 0 Å². The van der Waals surface area contributed by atoms with Crippen LogP contribution in [0.15, 0.2) is 106 Å². The molecule has 0 unspecified atom stereocenters. The van der Waals surface area contributed by atoms with Gasteiger partial charge in [-0.2, -0.15) is 5.10 Å². The predicted molar refractivity (Wildman–Crippen MR) is 192 cm³/mol. The SMILES string of the molecule is CC(C)(C)c1cc(N(Cc2ccccc2Sc2ccc3nnc(-c4ccccc4SCCO)n3c2)C(N)=O)n(-c2ccc(O)c(Cl)c2)n1. The standard InChI is InChI=1S/C35H34ClN7O3S2/c1-35(2,3)30-19-32(43(40-30)23-12-14-27(45)26(36)18-23)42(34(37)46)20-22-8-4-6-10-28(22)48-24-13-15-31-38-39-33(41(31)21-24)25-9-5-7-11-29(25)47-17-16-44/h4-15,18-19,21,44-45H,16-17,20H2,1-3H3,(H2,37,46). The molecule has 3 aromatic carbocycles. The van der Waals surface area contributed by atoms with Crippen molar-refractivity contribution in [1.29, 1.82) is 0 Å². The minimum absolute atomic E-state index is 0.0514. The van der Waals surface area contributed by atoms with Gasteiger partial charge in [0.05, 0.1) is 29.6 Å².